The normalized spacial score (nSPS) is 15.4. The molecule has 1 unspecified atom stereocenters. The molecule has 1 aliphatic heterocycles. The molecular weight excluding hydrogens is 655 g/mol. The summed E-state index contributed by atoms with van der Waals surface area (Å²) in [4.78, 5) is 61.0. The number of rotatable bonds is 11. The minimum absolute atomic E-state index is 0.00328. The molecule has 0 aliphatic carbocycles. The number of likely N-dealkylation sites (N-methyl/N-ethyl adjacent to an activating group) is 1. The number of urea groups is 1. The van der Waals surface area contributed by atoms with E-state index in [0.29, 0.717) is 25.1 Å². The number of benzene rings is 2. The number of piperazine rings is 1. The Morgan fingerprint density at radius 2 is 1.84 bits per heavy atom. The second-order valence-electron chi connectivity index (χ2n) is 13.3. The van der Waals surface area contributed by atoms with E-state index in [2.05, 4.69) is 15.6 Å². The average Bonchev–Trinajstić information content (AvgIpc) is 3.07. The van der Waals surface area contributed by atoms with Crippen molar-refractivity contribution < 1.29 is 33.4 Å². The zero-order chi connectivity index (χ0) is 35.7. The summed E-state index contributed by atoms with van der Waals surface area (Å²) < 4.78 is 19.4. The lowest BCUT2D eigenvalue weighted by Gasteiger charge is -2.41. The monoisotopic (exact) mass is 698 g/mol. The van der Waals surface area contributed by atoms with E-state index < -0.39 is 30.0 Å². The summed E-state index contributed by atoms with van der Waals surface area (Å²) in [5.41, 5.74) is 0.165. The molecule has 4 rings (SSSR count). The Morgan fingerprint density at radius 1 is 1.10 bits per heavy atom. The number of nitrogens with one attached hydrogen (secondary N) is 2. The standard InChI is InChI=1S/C35H44ClFN6O6/c1-35(2,3)17-31(46)43-15-14-42(20-27(43)21-44)30(45)13-12-26(41(4)33(47)39-19-25-10-7-11-28(37)32(25)36)22-49-34(48)40-29-16-23-8-5-6-9-24(23)18-38-29/h5-11,16,18,26-27,44H,12-15,17,19-22H2,1-4H3,(H,39,47)(H,38,40,48)/t26-,27?/m0/s1. The van der Waals surface area contributed by atoms with Gasteiger partial charge in [0.05, 0.1) is 23.7 Å². The molecule has 12 nitrogen and oxygen atoms in total. The van der Waals surface area contributed by atoms with Gasteiger partial charge in [0.25, 0.3) is 0 Å². The first-order chi connectivity index (χ1) is 23.3. The van der Waals surface area contributed by atoms with Crippen molar-refractivity contribution in [2.45, 2.75) is 58.7 Å². The number of anilines is 1. The first kappa shape index (κ1) is 37.3. The molecular formula is C35H44ClFN6O6. The van der Waals surface area contributed by atoms with Gasteiger partial charge < -0.3 is 29.9 Å². The molecule has 0 saturated carbocycles. The molecule has 14 heteroatoms. The Kier molecular flexibility index (Phi) is 12.8. The van der Waals surface area contributed by atoms with Crippen molar-refractivity contribution in [3.05, 3.63) is 71.1 Å². The van der Waals surface area contributed by atoms with Crippen LogP contribution in [-0.2, 0) is 20.9 Å². The van der Waals surface area contributed by atoms with Crippen molar-refractivity contribution in [3.8, 4) is 0 Å². The number of hydrogen-bond acceptors (Lipinski definition) is 7. The molecule has 1 fully saturated rings. The predicted octanol–water partition coefficient (Wildman–Crippen LogP) is 5.03. The minimum atomic E-state index is -0.790. The molecule has 2 atom stereocenters. The van der Waals surface area contributed by atoms with Gasteiger partial charge in [-0.15, -0.1) is 0 Å². The number of aliphatic hydroxyl groups excluding tert-OH is 1. The molecule has 3 N–H and O–H groups in total. The minimum Gasteiger partial charge on any atom is -0.447 e. The van der Waals surface area contributed by atoms with Crippen LogP contribution in [0.5, 0.6) is 0 Å². The highest BCUT2D eigenvalue weighted by molar-refractivity contribution is 6.31. The summed E-state index contributed by atoms with van der Waals surface area (Å²) in [5.74, 6) is -0.620. The molecule has 0 bridgehead atoms. The number of carbonyl (C=O) groups excluding carboxylic acids is 4. The molecule has 49 heavy (non-hydrogen) atoms. The zero-order valence-electron chi connectivity index (χ0n) is 28.2. The van der Waals surface area contributed by atoms with Crippen molar-refractivity contribution in [2.75, 3.05) is 45.2 Å². The number of pyridine rings is 1. The third-order valence-corrected chi connectivity index (χ3v) is 8.76. The topological polar surface area (TPSA) is 144 Å². The molecule has 0 radical (unpaired) electrons. The Balaban J connectivity index is 1.39. The van der Waals surface area contributed by atoms with Gasteiger partial charge in [-0.05, 0) is 34.9 Å². The number of aliphatic hydroxyl groups is 1. The van der Waals surface area contributed by atoms with E-state index in [1.807, 2.05) is 45.0 Å². The highest BCUT2D eigenvalue weighted by atomic mass is 35.5. The van der Waals surface area contributed by atoms with Crippen molar-refractivity contribution in [3.63, 3.8) is 0 Å². The van der Waals surface area contributed by atoms with Gasteiger partial charge in [-0.25, -0.2) is 19.0 Å². The lowest BCUT2D eigenvalue weighted by atomic mass is 9.91. The van der Waals surface area contributed by atoms with Crippen LogP contribution < -0.4 is 10.6 Å². The van der Waals surface area contributed by atoms with Crippen LogP contribution in [0.2, 0.25) is 5.02 Å². The van der Waals surface area contributed by atoms with Crippen LogP contribution in [-0.4, -0.2) is 101 Å². The number of fused-ring (bicyclic) bond motifs is 1. The molecule has 2 heterocycles. The van der Waals surface area contributed by atoms with Gasteiger partial charge in [0, 0.05) is 57.7 Å². The van der Waals surface area contributed by atoms with E-state index in [0.717, 1.165) is 10.8 Å². The third kappa shape index (κ3) is 10.5. The highest BCUT2D eigenvalue weighted by Gasteiger charge is 2.34. The third-order valence-electron chi connectivity index (χ3n) is 8.34. The van der Waals surface area contributed by atoms with Crippen LogP contribution >= 0.6 is 11.6 Å². The van der Waals surface area contributed by atoms with Crippen LogP contribution in [0.4, 0.5) is 19.8 Å². The van der Waals surface area contributed by atoms with Gasteiger partial charge in [0.15, 0.2) is 0 Å². The smallest absolute Gasteiger partial charge is 0.412 e. The van der Waals surface area contributed by atoms with Crippen LogP contribution in [0.1, 0.15) is 45.6 Å². The highest BCUT2D eigenvalue weighted by Crippen LogP contribution is 2.23. The molecule has 0 spiro atoms. The van der Waals surface area contributed by atoms with E-state index >= 15 is 0 Å². The lowest BCUT2D eigenvalue weighted by Crippen LogP contribution is -2.58. The Bertz CT molecular complexity index is 1650. The van der Waals surface area contributed by atoms with E-state index in [9.17, 15) is 28.7 Å². The number of ether oxygens (including phenoxy) is 1. The molecule has 1 aromatic heterocycles. The summed E-state index contributed by atoms with van der Waals surface area (Å²) in [6, 6.07) is 11.7. The fourth-order valence-corrected chi connectivity index (χ4v) is 5.76. The summed E-state index contributed by atoms with van der Waals surface area (Å²) in [5, 5.41) is 17.0. The van der Waals surface area contributed by atoms with Gasteiger partial charge in [-0.3, -0.25) is 14.9 Å². The Labute approximate surface area is 290 Å². The zero-order valence-corrected chi connectivity index (χ0v) is 29.0. The summed E-state index contributed by atoms with van der Waals surface area (Å²) in [6.45, 7) is 6.11. The van der Waals surface area contributed by atoms with E-state index in [4.69, 9.17) is 16.3 Å². The lowest BCUT2D eigenvalue weighted by molar-refractivity contribution is -0.145. The summed E-state index contributed by atoms with van der Waals surface area (Å²) >= 11 is 6.05. The van der Waals surface area contributed by atoms with E-state index in [1.54, 1.807) is 28.1 Å². The molecule has 3 aromatic rings. The van der Waals surface area contributed by atoms with Gasteiger partial charge >= 0.3 is 12.1 Å². The van der Waals surface area contributed by atoms with Gasteiger partial charge in [-0.1, -0.05) is 68.8 Å². The number of hydrogen-bond donors (Lipinski definition) is 3. The summed E-state index contributed by atoms with van der Waals surface area (Å²) in [7, 11) is 1.51. The van der Waals surface area contributed by atoms with Gasteiger partial charge in [0.2, 0.25) is 11.8 Å². The van der Waals surface area contributed by atoms with Crippen LogP contribution in [0.3, 0.4) is 0 Å². The van der Waals surface area contributed by atoms with E-state index in [-0.39, 0.29) is 67.2 Å². The fourth-order valence-electron chi connectivity index (χ4n) is 5.57. The summed E-state index contributed by atoms with van der Waals surface area (Å²) in [6.07, 6.45) is 1.30. The first-order valence-corrected chi connectivity index (χ1v) is 16.5. The Morgan fingerprint density at radius 3 is 2.55 bits per heavy atom. The van der Waals surface area contributed by atoms with Gasteiger partial charge in [0.1, 0.15) is 18.2 Å². The maximum atomic E-state index is 13.9. The molecule has 2 aromatic carbocycles. The Hall–Kier alpha value is -4.49. The van der Waals surface area contributed by atoms with Crippen LogP contribution in [0.15, 0.2) is 54.7 Å². The molecule has 1 aliphatic rings. The number of nitrogens with zero attached hydrogens (tertiary/aromatic N) is 4. The molecule has 264 valence electrons. The number of halogens is 2. The molecule has 1 saturated heterocycles. The number of carbonyl (C=O) groups is 4. The van der Waals surface area contributed by atoms with E-state index in [1.165, 1.54) is 24.1 Å². The SMILES string of the molecule is CN(C(=O)NCc1cccc(F)c1Cl)[C@@H](CCC(=O)N1CCN(C(=O)CC(C)(C)C)C(CO)C1)COC(=O)Nc1cc2ccccc2cn1. The average molecular weight is 699 g/mol. The maximum absolute atomic E-state index is 13.9. The van der Waals surface area contributed by atoms with Crippen molar-refractivity contribution >= 4 is 52.1 Å². The number of aromatic nitrogens is 1. The van der Waals surface area contributed by atoms with Gasteiger partial charge in [-0.2, -0.15) is 0 Å². The van der Waals surface area contributed by atoms with Crippen molar-refractivity contribution in [1.82, 2.24) is 25.0 Å². The second-order valence-corrected chi connectivity index (χ2v) is 13.7. The van der Waals surface area contributed by atoms with Crippen LogP contribution in [0, 0.1) is 11.2 Å². The van der Waals surface area contributed by atoms with Crippen molar-refractivity contribution in [1.29, 1.82) is 0 Å². The van der Waals surface area contributed by atoms with Crippen molar-refractivity contribution in [2.24, 2.45) is 5.41 Å². The predicted molar refractivity (Wildman–Crippen MR) is 184 cm³/mol. The quantitative estimate of drug-likeness (QED) is 0.255. The molecule has 5 amide bonds. The number of amides is 5. The second kappa shape index (κ2) is 16.8. The first-order valence-electron chi connectivity index (χ1n) is 16.2. The largest absolute Gasteiger partial charge is 0.447 e. The fraction of sp³-hybridized carbons (Fsp3) is 0.457. The van der Waals surface area contributed by atoms with Crippen LogP contribution in [0.25, 0.3) is 10.8 Å². The maximum Gasteiger partial charge on any atom is 0.412 e.